The molecule has 23 heavy (non-hydrogen) atoms. The average molecular weight is 303 g/mol. The quantitative estimate of drug-likeness (QED) is 0.799. The highest BCUT2D eigenvalue weighted by Gasteiger charge is 2.09. The van der Waals surface area contributed by atoms with E-state index in [9.17, 15) is 4.79 Å². The van der Waals surface area contributed by atoms with Crippen LogP contribution in [0.2, 0.25) is 0 Å². The minimum atomic E-state index is -0.199. The van der Waals surface area contributed by atoms with Crippen LogP contribution in [0.4, 0.5) is 0 Å². The molecular weight excluding hydrogens is 290 g/mol. The number of amides is 1. The number of aromatic nitrogens is 3. The molecule has 2 heterocycles. The molecule has 0 atom stereocenters. The van der Waals surface area contributed by atoms with E-state index < -0.39 is 0 Å². The second-order valence-electron chi connectivity index (χ2n) is 4.83. The summed E-state index contributed by atoms with van der Waals surface area (Å²) < 4.78 is 1.79. The normalized spacial score (nSPS) is 10.0. The van der Waals surface area contributed by atoms with Gasteiger partial charge in [0.05, 0.1) is 11.6 Å². The third-order valence-corrected chi connectivity index (χ3v) is 3.33. The van der Waals surface area contributed by atoms with Gasteiger partial charge in [-0.1, -0.05) is 6.07 Å². The zero-order valence-electron chi connectivity index (χ0n) is 12.2. The first-order chi connectivity index (χ1) is 11.3. The third kappa shape index (κ3) is 3.24. The van der Waals surface area contributed by atoms with Crippen molar-refractivity contribution in [2.75, 3.05) is 0 Å². The largest absolute Gasteiger partial charge is 0.348 e. The Balaban J connectivity index is 1.73. The maximum absolute atomic E-state index is 12.2. The third-order valence-electron chi connectivity index (χ3n) is 3.33. The molecule has 0 radical (unpaired) electrons. The van der Waals surface area contributed by atoms with E-state index >= 15 is 0 Å². The van der Waals surface area contributed by atoms with E-state index in [0.717, 1.165) is 11.4 Å². The number of rotatable bonds is 4. The van der Waals surface area contributed by atoms with Crippen molar-refractivity contribution in [3.63, 3.8) is 0 Å². The van der Waals surface area contributed by atoms with Crippen LogP contribution in [-0.4, -0.2) is 20.4 Å². The Morgan fingerprint density at radius 1 is 1.22 bits per heavy atom. The van der Waals surface area contributed by atoms with Gasteiger partial charge in [-0.25, -0.2) is 9.97 Å². The maximum Gasteiger partial charge on any atom is 0.251 e. The molecule has 0 unspecified atom stereocenters. The van der Waals surface area contributed by atoms with Gasteiger partial charge in [0, 0.05) is 36.3 Å². The van der Waals surface area contributed by atoms with E-state index in [1.165, 1.54) is 0 Å². The van der Waals surface area contributed by atoms with Crippen molar-refractivity contribution in [2.45, 2.75) is 6.54 Å². The molecule has 0 aliphatic heterocycles. The number of pyridine rings is 1. The van der Waals surface area contributed by atoms with Crippen molar-refractivity contribution in [3.05, 3.63) is 78.0 Å². The topological polar surface area (TPSA) is 83.6 Å². The van der Waals surface area contributed by atoms with E-state index in [1.54, 1.807) is 53.8 Å². The number of nitriles is 1. The van der Waals surface area contributed by atoms with Gasteiger partial charge in [-0.3, -0.25) is 9.36 Å². The van der Waals surface area contributed by atoms with Crippen LogP contribution < -0.4 is 5.32 Å². The van der Waals surface area contributed by atoms with Crippen molar-refractivity contribution in [3.8, 4) is 11.9 Å². The lowest BCUT2D eigenvalue weighted by Gasteiger charge is -2.10. The molecule has 112 valence electrons. The molecule has 0 bridgehead atoms. The van der Waals surface area contributed by atoms with Gasteiger partial charge in [-0.2, -0.15) is 5.26 Å². The summed E-state index contributed by atoms with van der Waals surface area (Å²) >= 11 is 0. The van der Waals surface area contributed by atoms with E-state index in [-0.39, 0.29) is 5.91 Å². The minimum absolute atomic E-state index is 0.199. The molecule has 0 fully saturated rings. The number of hydrogen-bond acceptors (Lipinski definition) is 4. The van der Waals surface area contributed by atoms with Crippen LogP contribution in [0.25, 0.3) is 5.82 Å². The van der Waals surface area contributed by atoms with Crippen LogP contribution in [-0.2, 0) is 6.54 Å². The Morgan fingerprint density at radius 2 is 2.04 bits per heavy atom. The van der Waals surface area contributed by atoms with Gasteiger partial charge in [0.1, 0.15) is 12.1 Å². The number of nitrogens with one attached hydrogen (secondary N) is 1. The van der Waals surface area contributed by atoms with Crippen molar-refractivity contribution in [1.82, 2.24) is 19.9 Å². The fourth-order valence-electron chi connectivity index (χ4n) is 2.16. The monoisotopic (exact) mass is 303 g/mol. The summed E-state index contributed by atoms with van der Waals surface area (Å²) in [5.74, 6) is 0.528. The predicted molar refractivity (Wildman–Crippen MR) is 83.7 cm³/mol. The predicted octanol–water partition coefficient (Wildman–Crippen LogP) is 2.07. The zero-order valence-corrected chi connectivity index (χ0v) is 12.2. The fourth-order valence-corrected chi connectivity index (χ4v) is 2.16. The second kappa shape index (κ2) is 6.54. The SMILES string of the molecule is N#Cc1ccc(C(=O)NCc2cccnc2-n2ccnc2)cc1. The van der Waals surface area contributed by atoms with Crippen LogP contribution in [0.3, 0.4) is 0 Å². The van der Waals surface area contributed by atoms with Crippen LogP contribution in [0.1, 0.15) is 21.5 Å². The summed E-state index contributed by atoms with van der Waals surface area (Å²) in [7, 11) is 0. The van der Waals surface area contributed by atoms with Crippen molar-refractivity contribution >= 4 is 5.91 Å². The van der Waals surface area contributed by atoms with Crippen LogP contribution >= 0.6 is 0 Å². The van der Waals surface area contributed by atoms with Crippen molar-refractivity contribution in [1.29, 1.82) is 5.26 Å². The highest BCUT2D eigenvalue weighted by atomic mass is 16.1. The molecule has 2 aromatic heterocycles. The van der Waals surface area contributed by atoms with E-state index in [0.29, 0.717) is 17.7 Å². The Bertz CT molecular complexity index is 847. The molecule has 3 aromatic rings. The van der Waals surface area contributed by atoms with Crippen LogP contribution in [0.5, 0.6) is 0 Å². The van der Waals surface area contributed by atoms with E-state index in [2.05, 4.69) is 15.3 Å². The van der Waals surface area contributed by atoms with Gasteiger partial charge in [-0.15, -0.1) is 0 Å². The summed E-state index contributed by atoms with van der Waals surface area (Å²) in [6.45, 7) is 0.347. The highest BCUT2D eigenvalue weighted by Crippen LogP contribution is 2.11. The molecule has 3 rings (SSSR count). The lowest BCUT2D eigenvalue weighted by Crippen LogP contribution is -2.23. The second-order valence-corrected chi connectivity index (χ2v) is 4.83. The molecule has 1 amide bonds. The standard InChI is InChI=1S/C17H13N5O/c18-10-13-3-5-14(6-4-13)17(23)21-11-15-2-1-7-20-16(15)22-9-8-19-12-22/h1-9,12H,11H2,(H,21,23). The van der Waals surface area contributed by atoms with Crippen LogP contribution in [0.15, 0.2) is 61.3 Å². The lowest BCUT2D eigenvalue weighted by atomic mass is 10.1. The zero-order chi connectivity index (χ0) is 16.1. The van der Waals surface area contributed by atoms with Gasteiger partial charge in [0.2, 0.25) is 0 Å². The molecule has 0 aliphatic rings. The van der Waals surface area contributed by atoms with Crippen LogP contribution in [0, 0.1) is 11.3 Å². The Hall–Kier alpha value is -3.46. The number of benzene rings is 1. The number of nitrogens with zero attached hydrogens (tertiary/aromatic N) is 4. The lowest BCUT2D eigenvalue weighted by molar-refractivity contribution is 0.0951. The number of imidazole rings is 1. The summed E-state index contributed by atoms with van der Waals surface area (Å²) in [6, 6.07) is 12.3. The summed E-state index contributed by atoms with van der Waals surface area (Å²) in [5, 5.41) is 11.6. The first kappa shape index (κ1) is 14.5. The average Bonchev–Trinajstić information content (AvgIpc) is 3.14. The Labute approximate surface area is 133 Å². The van der Waals surface area contributed by atoms with E-state index in [4.69, 9.17) is 5.26 Å². The van der Waals surface area contributed by atoms with Gasteiger partial charge in [0.25, 0.3) is 5.91 Å². The number of carbonyl (C=O) groups is 1. The molecule has 6 nitrogen and oxygen atoms in total. The molecule has 6 heteroatoms. The Kier molecular flexibility index (Phi) is 4.11. The molecule has 0 saturated carbocycles. The fraction of sp³-hybridized carbons (Fsp3) is 0.0588. The number of carbonyl (C=O) groups excluding carboxylic acids is 1. The summed E-state index contributed by atoms with van der Waals surface area (Å²) in [6.07, 6.45) is 6.83. The summed E-state index contributed by atoms with van der Waals surface area (Å²) in [5.41, 5.74) is 1.92. The Morgan fingerprint density at radius 3 is 2.74 bits per heavy atom. The molecule has 0 spiro atoms. The van der Waals surface area contributed by atoms with Gasteiger partial charge < -0.3 is 5.32 Å². The molecule has 0 aliphatic carbocycles. The molecule has 1 aromatic carbocycles. The van der Waals surface area contributed by atoms with Gasteiger partial charge in [0.15, 0.2) is 0 Å². The molecular formula is C17H13N5O. The van der Waals surface area contributed by atoms with E-state index in [1.807, 2.05) is 18.2 Å². The molecule has 0 saturated heterocycles. The minimum Gasteiger partial charge on any atom is -0.348 e. The first-order valence-corrected chi connectivity index (χ1v) is 6.98. The van der Waals surface area contributed by atoms with Crippen molar-refractivity contribution in [2.24, 2.45) is 0 Å². The van der Waals surface area contributed by atoms with Gasteiger partial charge in [-0.05, 0) is 30.3 Å². The smallest absolute Gasteiger partial charge is 0.251 e. The number of hydrogen-bond donors (Lipinski definition) is 1. The highest BCUT2D eigenvalue weighted by molar-refractivity contribution is 5.94. The first-order valence-electron chi connectivity index (χ1n) is 6.98. The maximum atomic E-state index is 12.2. The van der Waals surface area contributed by atoms with Crippen molar-refractivity contribution < 1.29 is 4.79 Å². The van der Waals surface area contributed by atoms with Gasteiger partial charge >= 0.3 is 0 Å². The molecule has 1 N–H and O–H groups in total. The summed E-state index contributed by atoms with van der Waals surface area (Å²) in [4.78, 5) is 20.5.